The van der Waals surface area contributed by atoms with Crippen LogP contribution in [0, 0.1) is 5.92 Å². The molecule has 0 spiro atoms. The molecule has 0 radical (unpaired) electrons. The fourth-order valence-electron chi connectivity index (χ4n) is 3.71. The molecular weight excluding hydrogens is 328 g/mol. The van der Waals surface area contributed by atoms with Crippen molar-refractivity contribution < 1.29 is 19.3 Å². The van der Waals surface area contributed by atoms with Crippen LogP contribution in [0.5, 0.6) is 0 Å². The summed E-state index contributed by atoms with van der Waals surface area (Å²) in [6, 6.07) is 3.42. The third-order valence-corrected chi connectivity index (χ3v) is 4.94. The molecule has 4 N–H and O–H groups in total. The average molecular weight is 350 g/mol. The maximum absolute atomic E-state index is 12.1. The van der Waals surface area contributed by atoms with Crippen molar-refractivity contribution in [1.29, 1.82) is 0 Å². The zero-order valence-electron chi connectivity index (χ0n) is 14.3. The van der Waals surface area contributed by atoms with E-state index in [0.29, 0.717) is 11.2 Å². The first-order valence-corrected chi connectivity index (χ1v) is 8.32. The number of ether oxygens (including phenoxy) is 3. The Bertz CT molecular complexity index is 862. The molecule has 2 aromatic rings. The van der Waals surface area contributed by atoms with Gasteiger partial charge in [0.15, 0.2) is 6.29 Å². The van der Waals surface area contributed by atoms with E-state index in [1.807, 2.05) is 20.8 Å². The van der Waals surface area contributed by atoms with Crippen molar-refractivity contribution in [2.24, 2.45) is 5.92 Å². The molecule has 1 unspecified atom stereocenters. The lowest BCUT2D eigenvalue weighted by Gasteiger charge is -2.28. The van der Waals surface area contributed by atoms with E-state index >= 15 is 0 Å². The number of hydrogen-bond acceptors (Lipinski definition) is 7. The van der Waals surface area contributed by atoms with Crippen molar-refractivity contribution in [3.8, 4) is 0 Å². The number of aromatic amines is 1. The van der Waals surface area contributed by atoms with Crippen LogP contribution in [0.25, 0.3) is 5.52 Å². The molecule has 0 saturated carbocycles. The van der Waals surface area contributed by atoms with Gasteiger partial charge in [0.1, 0.15) is 29.4 Å². The molecule has 25 heavy (non-hydrogen) atoms. The molecule has 0 aliphatic carbocycles. The van der Waals surface area contributed by atoms with Gasteiger partial charge >= 0.3 is 0 Å². The summed E-state index contributed by atoms with van der Waals surface area (Å²) in [5.41, 5.74) is 5.53. The molecule has 2 aliphatic rings. The molecule has 4 rings (SSSR count). The first-order chi connectivity index (χ1) is 11.8. The molecule has 5 atom stereocenters. The number of nitrogens with zero attached hydrogens (tertiary/aromatic N) is 2. The summed E-state index contributed by atoms with van der Waals surface area (Å²) in [7, 11) is 0. The highest BCUT2D eigenvalue weighted by molar-refractivity contribution is 5.48. The molecule has 2 aromatic heterocycles. The van der Waals surface area contributed by atoms with Crippen LogP contribution < -0.4 is 11.3 Å². The van der Waals surface area contributed by atoms with Crippen molar-refractivity contribution >= 4 is 11.5 Å². The summed E-state index contributed by atoms with van der Waals surface area (Å²) in [4.78, 5) is 14.5. The lowest BCUT2D eigenvalue weighted by Crippen LogP contribution is -2.40. The van der Waals surface area contributed by atoms with Crippen LogP contribution in [0.15, 0.2) is 16.9 Å². The monoisotopic (exact) mass is 350 g/mol. The number of nitrogens with one attached hydrogen (secondary N) is 1. The minimum atomic E-state index is -0.810. The molecule has 2 saturated heterocycles. The largest absolute Gasteiger partial charge is 0.394 e. The number of nitrogens with two attached hydrogens (primary N) is 1. The third-order valence-electron chi connectivity index (χ3n) is 4.94. The van der Waals surface area contributed by atoms with E-state index in [0.717, 1.165) is 0 Å². The van der Waals surface area contributed by atoms with Crippen LogP contribution in [0.4, 0.5) is 5.95 Å². The maximum atomic E-state index is 12.1. The standard InChI is InChI=1S/C16H22N4O5/c1-7(2)14-24-12-10(6-21)23-11(16(12,3)25-14)8-4-5-9-13(22)18-15(17)19-20(8)9/h4-5,7,10-12,14,21H,6H2,1-3H3,(H3,17,18,19,22)/t10-,11+,12-,14?,16+/m1/s1. The Kier molecular flexibility index (Phi) is 3.66. The highest BCUT2D eigenvalue weighted by Gasteiger charge is 2.62. The van der Waals surface area contributed by atoms with Crippen LogP contribution >= 0.6 is 0 Å². The number of aliphatic hydroxyl groups excluding tert-OH is 1. The van der Waals surface area contributed by atoms with Crippen molar-refractivity contribution in [3.63, 3.8) is 0 Å². The summed E-state index contributed by atoms with van der Waals surface area (Å²) >= 11 is 0. The molecule has 2 aliphatic heterocycles. The summed E-state index contributed by atoms with van der Waals surface area (Å²) in [5.74, 6) is 0.167. The van der Waals surface area contributed by atoms with Crippen LogP contribution in [0.3, 0.4) is 0 Å². The molecule has 136 valence electrons. The van der Waals surface area contributed by atoms with Crippen LogP contribution in [-0.4, -0.2) is 50.4 Å². The predicted molar refractivity (Wildman–Crippen MR) is 87.9 cm³/mol. The van der Waals surface area contributed by atoms with Gasteiger partial charge in [0, 0.05) is 5.92 Å². The minimum Gasteiger partial charge on any atom is -0.394 e. The van der Waals surface area contributed by atoms with Gasteiger partial charge in [-0.3, -0.25) is 9.78 Å². The van der Waals surface area contributed by atoms with Crippen molar-refractivity contribution in [3.05, 3.63) is 28.2 Å². The van der Waals surface area contributed by atoms with E-state index in [1.165, 1.54) is 4.52 Å². The quantitative estimate of drug-likeness (QED) is 0.722. The van der Waals surface area contributed by atoms with Gasteiger partial charge in [-0.15, -0.1) is 5.10 Å². The van der Waals surface area contributed by atoms with Gasteiger partial charge in [-0.2, -0.15) is 0 Å². The van der Waals surface area contributed by atoms with Gasteiger partial charge in [-0.1, -0.05) is 13.8 Å². The van der Waals surface area contributed by atoms with Crippen molar-refractivity contribution in [2.75, 3.05) is 12.3 Å². The van der Waals surface area contributed by atoms with Crippen LogP contribution in [-0.2, 0) is 14.2 Å². The molecular formula is C16H22N4O5. The number of fused-ring (bicyclic) bond motifs is 2. The normalized spacial score (nSPS) is 34.9. The third kappa shape index (κ3) is 2.30. The van der Waals surface area contributed by atoms with E-state index in [-0.39, 0.29) is 30.3 Å². The number of H-pyrrole nitrogens is 1. The summed E-state index contributed by atoms with van der Waals surface area (Å²) < 4.78 is 19.7. The molecule has 0 bridgehead atoms. The second-order valence-electron chi connectivity index (χ2n) is 7.10. The molecule has 4 heterocycles. The molecule has 9 nitrogen and oxygen atoms in total. The molecule has 0 aromatic carbocycles. The lowest BCUT2D eigenvalue weighted by molar-refractivity contribution is -0.171. The Hall–Kier alpha value is -1.94. The Morgan fingerprint density at radius 1 is 1.44 bits per heavy atom. The average Bonchev–Trinajstić information content (AvgIpc) is 3.17. The van der Waals surface area contributed by atoms with E-state index in [9.17, 15) is 9.90 Å². The first kappa shape index (κ1) is 16.5. The summed E-state index contributed by atoms with van der Waals surface area (Å²) in [6.07, 6.45) is -1.89. The topological polar surface area (TPSA) is 124 Å². The minimum absolute atomic E-state index is 0.0111. The van der Waals surface area contributed by atoms with Gasteiger partial charge in [0.05, 0.1) is 12.3 Å². The lowest BCUT2D eigenvalue weighted by atomic mass is 9.91. The van der Waals surface area contributed by atoms with E-state index in [1.54, 1.807) is 12.1 Å². The SMILES string of the molecule is CC(C)C1O[C@@H]2[C@@H](CO)O[C@@H](c3ccc4c(=O)[nH]c(N)nn34)[C@]2(C)O1. The zero-order chi connectivity index (χ0) is 17.9. The highest BCUT2D eigenvalue weighted by Crippen LogP contribution is 2.51. The Balaban J connectivity index is 1.82. The van der Waals surface area contributed by atoms with Crippen LogP contribution in [0.2, 0.25) is 0 Å². The predicted octanol–water partition coefficient (Wildman–Crippen LogP) is 0.193. The molecule has 0 amide bonds. The molecule has 2 fully saturated rings. The molecule has 9 heteroatoms. The first-order valence-electron chi connectivity index (χ1n) is 8.32. The summed E-state index contributed by atoms with van der Waals surface area (Å²) in [6.45, 7) is 5.72. The second-order valence-corrected chi connectivity index (χ2v) is 7.10. The van der Waals surface area contributed by atoms with E-state index in [2.05, 4.69) is 10.1 Å². The number of rotatable bonds is 3. The second kappa shape index (κ2) is 5.53. The van der Waals surface area contributed by atoms with Gasteiger partial charge in [-0.05, 0) is 19.1 Å². The Morgan fingerprint density at radius 2 is 2.20 bits per heavy atom. The smallest absolute Gasteiger partial charge is 0.276 e. The fourth-order valence-corrected chi connectivity index (χ4v) is 3.71. The van der Waals surface area contributed by atoms with Gasteiger partial charge in [-0.25, -0.2) is 4.52 Å². The van der Waals surface area contributed by atoms with Gasteiger partial charge in [0.25, 0.3) is 5.56 Å². The number of anilines is 1. The number of aromatic nitrogens is 3. The van der Waals surface area contributed by atoms with E-state index < -0.39 is 23.9 Å². The van der Waals surface area contributed by atoms with E-state index in [4.69, 9.17) is 19.9 Å². The number of aliphatic hydroxyl groups is 1. The van der Waals surface area contributed by atoms with Gasteiger partial charge in [0.2, 0.25) is 5.95 Å². The Labute approximate surface area is 143 Å². The van der Waals surface area contributed by atoms with Crippen molar-refractivity contribution in [2.45, 2.75) is 51.0 Å². The number of hydrogen-bond donors (Lipinski definition) is 3. The highest BCUT2D eigenvalue weighted by atomic mass is 16.8. The Morgan fingerprint density at radius 3 is 2.88 bits per heavy atom. The zero-order valence-corrected chi connectivity index (χ0v) is 14.3. The van der Waals surface area contributed by atoms with Gasteiger partial charge < -0.3 is 25.1 Å². The maximum Gasteiger partial charge on any atom is 0.276 e. The summed E-state index contributed by atoms with van der Waals surface area (Å²) in [5, 5.41) is 13.9. The number of nitrogen functional groups attached to an aromatic ring is 1. The van der Waals surface area contributed by atoms with Crippen molar-refractivity contribution in [1.82, 2.24) is 14.6 Å². The van der Waals surface area contributed by atoms with Crippen LogP contribution in [0.1, 0.15) is 32.6 Å². The fraction of sp³-hybridized carbons (Fsp3) is 0.625.